The number of halogens is 1. The molecule has 25 heavy (non-hydrogen) atoms. The molecule has 0 aliphatic heterocycles. The molecule has 4 nitrogen and oxygen atoms in total. The van der Waals surface area contributed by atoms with Gasteiger partial charge in [0.05, 0.1) is 11.4 Å². The maximum Gasteiger partial charge on any atom is 0.272 e. The summed E-state index contributed by atoms with van der Waals surface area (Å²) in [5.74, 6) is -0.538. The van der Waals surface area contributed by atoms with E-state index in [9.17, 15) is 5.11 Å². The highest BCUT2D eigenvalue weighted by atomic mass is 35.5. The third-order valence-corrected chi connectivity index (χ3v) is 4.75. The van der Waals surface area contributed by atoms with Gasteiger partial charge in [-0.2, -0.15) is 0 Å². The lowest BCUT2D eigenvalue weighted by Crippen LogP contribution is -2.37. The van der Waals surface area contributed by atoms with E-state index in [1.54, 1.807) is 4.68 Å². The van der Waals surface area contributed by atoms with Crippen molar-refractivity contribution in [3.8, 4) is 22.5 Å². The van der Waals surface area contributed by atoms with E-state index in [1.807, 2.05) is 42.5 Å². The first kappa shape index (κ1) is 14.4. The van der Waals surface area contributed by atoms with Gasteiger partial charge in [0, 0.05) is 22.9 Å². The Hall–Kier alpha value is -2.98. The van der Waals surface area contributed by atoms with Gasteiger partial charge in [0.15, 0.2) is 0 Å². The molecule has 0 N–H and O–H groups in total. The molecule has 0 bridgehead atoms. The molecule has 0 radical (unpaired) electrons. The van der Waals surface area contributed by atoms with E-state index in [1.165, 1.54) is 0 Å². The van der Waals surface area contributed by atoms with Crippen molar-refractivity contribution in [2.24, 2.45) is 5.10 Å². The molecule has 4 aromatic rings. The lowest BCUT2D eigenvalue weighted by atomic mass is 10.0. The van der Waals surface area contributed by atoms with Crippen LogP contribution in [-0.2, 0) is 0 Å². The fraction of sp³-hybridized carbons (Fsp3) is 0.0500. The molecule has 5 rings (SSSR count). The number of hydrogen-bond acceptors (Lipinski definition) is 3. The van der Waals surface area contributed by atoms with Crippen LogP contribution < -0.4 is 9.78 Å². The van der Waals surface area contributed by atoms with Crippen molar-refractivity contribution in [3.63, 3.8) is 0 Å². The second-order valence-corrected chi connectivity index (χ2v) is 6.21. The number of hydrogen-bond donors (Lipinski definition) is 0. The largest absolute Gasteiger partial charge is 0.857 e. The van der Waals surface area contributed by atoms with E-state index >= 15 is 0 Å². The molecule has 0 spiro atoms. The Morgan fingerprint density at radius 3 is 2.56 bits per heavy atom. The minimum atomic E-state index is -0.381. The summed E-state index contributed by atoms with van der Waals surface area (Å²) in [6, 6.07) is 20.0. The van der Waals surface area contributed by atoms with Crippen LogP contribution in [0.15, 0.2) is 65.8 Å². The summed E-state index contributed by atoms with van der Waals surface area (Å²) in [7, 11) is 0. The number of nitrogens with zero attached hydrogens (tertiary/aromatic N) is 3. The lowest BCUT2D eigenvalue weighted by molar-refractivity contribution is -0.644. The first-order chi connectivity index (χ1) is 12.3. The molecule has 1 heterocycles. The van der Waals surface area contributed by atoms with Gasteiger partial charge in [-0.25, -0.2) is 4.98 Å². The predicted octanol–water partition coefficient (Wildman–Crippen LogP) is 3.08. The van der Waals surface area contributed by atoms with E-state index in [0.29, 0.717) is 0 Å². The van der Waals surface area contributed by atoms with Crippen molar-refractivity contribution in [2.45, 2.75) is 0 Å². The van der Waals surface area contributed by atoms with Gasteiger partial charge in [-0.15, -0.1) is 11.6 Å². The highest BCUT2D eigenvalue weighted by molar-refractivity contribution is 6.26. The monoisotopic (exact) mass is 345 g/mol. The maximum atomic E-state index is 12.0. The fourth-order valence-corrected chi connectivity index (χ4v) is 3.59. The second kappa shape index (κ2) is 5.26. The minimum Gasteiger partial charge on any atom is -0.857 e. The highest BCUT2D eigenvalue weighted by Crippen LogP contribution is 2.44. The standard InChI is InChI=1S/C20H12ClN3O/c21-11-17(25)23-24-16-10-2-1-9-15(16)22-19-13-7-3-5-12-6-4-8-14(18(12)13)20(19)24/h1-10H,11H2. The van der Waals surface area contributed by atoms with Crippen molar-refractivity contribution >= 4 is 39.3 Å². The van der Waals surface area contributed by atoms with Crippen LogP contribution in [0.25, 0.3) is 44.3 Å². The molecule has 0 amide bonds. The zero-order valence-electron chi connectivity index (χ0n) is 13.1. The predicted molar refractivity (Wildman–Crippen MR) is 97.4 cm³/mol. The molecule has 0 saturated carbocycles. The number of alkyl halides is 1. The van der Waals surface area contributed by atoms with Crippen LogP contribution in [-0.4, -0.2) is 16.8 Å². The summed E-state index contributed by atoms with van der Waals surface area (Å²) in [5.41, 5.74) is 5.35. The zero-order valence-corrected chi connectivity index (χ0v) is 13.9. The van der Waals surface area contributed by atoms with E-state index in [0.717, 1.165) is 44.3 Å². The summed E-state index contributed by atoms with van der Waals surface area (Å²) in [4.78, 5) is 4.86. The van der Waals surface area contributed by atoms with Crippen LogP contribution in [0.4, 0.5) is 0 Å². The summed E-state index contributed by atoms with van der Waals surface area (Å²) < 4.78 is 1.69. The van der Waals surface area contributed by atoms with Crippen LogP contribution in [0.5, 0.6) is 0 Å². The van der Waals surface area contributed by atoms with Crippen molar-refractivity contribution in [2.75, 3.05) is 5.88 Å². The van der Waals surface area contributed by atoms with Crippen LogP contribution in [0.1, 0.15) is 0 Å². The van der Waals surface area contributed by atoms with Gasteiger partial charge in [-0.05, 0) is 27.3 Å². The molecule has 5 heteroatoms. The topological polar surface area (TPSA) is 52.2 Å². The van der Waals surface area contributed by atoms with Gasteiger partial charge in [0.1, 0.15) is 11.2 Å². The Balaban J connectivity index is 2.00. The molecular weight excluding hydrogens is 334 g/mol. The number of fused-ring (bicyclic) bond motifs is 4. The van der Waals surface area contributed by atoms with E-state index in [4.69, 9.17) is 16.6 Å². The van der Waals surface area contributed by atoms with E-state index in [2.05, 4.69) is 23.3 Å². The fourth-order valence-electron chi connectivity index (χ4n) is 3.54. The van der Waals surface area contributed by atoms with Gasteiger partial charge in [0.25, 0.3) is 11.2 Å². The molecule has 0 fully saturated rings. The third kappa shape index (κ3) is 1.98. The molecule has 0 atom stereocenters. The van der Waals surface area contributed by atoms with Crippen molar-refractivity contribution in [3.05, 3.63) is 60.7 Å². The minimum absolute atomic E-state index is 0.157. The SMILES string of the molecule is [O-]C(CCl)=N[n+]1c2c(nc3ccccc31)-c1cccc3cccc-2c13. The first-order valence-corrected chi connectivity index (χ1v) is 8.49. The van der Waals surface area contributed by atoms with E-state index in [-0.39, 0.29) is 11.8 Å². The molecule has 3 aromatic carbocycles. The number of para-hydroxylation sites is 2. The summed E-state index contributed by atoms with van der Waals surface area (Å²) in [5, 5.41) is 18.5. The van der Waals surface area contributed by atoms with Crippen LogP contribution in [0, 0.1) is 0 Å². The summed E-state index contributed by atoms with van der Waals surface area (Å²) in [6.07, 6.45) is 0. The Kier molecular flexibility index (Phi) is 3.02. The zero-order chi connectivity index (χ0) is 17.0. The van der Waals surface area contributed by atoms with Crippen LogP contribution in [0.2, 0.25) is 0 Å². The van der Waals surface area contributed by atoms with Crippen LogP contribution in [0.3, 0.4) is 0 Å². The molecule has 1 aromatic heterocycles. The number of aromatic nitrogens is 2. The Morgan fingerprint density at radius 2 is 1.76 bits per heavy atom. The molecule has 1 aliphatic rings. The Morgan fingerprint density at radius 1 is 1.00 bits per heavy atom. The van der Waals surface area contributed by atoms with Crippen LogP contribution >= 0.6 is 11.6 Å². The Labute approximate surface area is 148 Å². The third-order valence-electron chi connectivity index (χ3n) is 4.52. The molecule has 0 saturated heterocycles. The smallest absolute Gasteiger partial charge is 0.272 e. The van der Waals surface area contributed by atoms with Gasteiger partial charge in [-0.1, -0.05) is 42.5 Å². The van der Waals surface area contributed by atoms with E-state index < -0.39 is 0 Å². The van der Waals surface area contributed by atoms with Gasteiger partial charge in [0.2, 0.25) is 0 Å². The van der Waals surface area contributed by atoms with Gasteiger partial charge in [-0.3, -0.25) is 0 Å². The normalized spacial score (nSPS) is 12.8. The lowest BCUT2D eigenvalue weighted by Gasteiger charge is -2.06. The summed E-state index contributed by atoms with van der Waals surface area (Å²) >= 11 is 5.70. The quantitative estimate of drug-likeness (QED) is 0.214. The Bertz CT molecular complexity index is 1200. The summed E-state index contributed by atoms with van der Waals surface area (Å²) in [6.45, 7) is 0. The van der Waals surface area contributed by atoms with Gasteiger partial charge >= 0.3 is 0 Å². The molecular formula is C20H12ClN3O. The molecule has 1 aliphatic carbocycles. The van der Waals surface area contributed by atoms with Crippen molar-refractivity contribution < 1.29 is 9.78 Å². The molecule has 120 valence electrons. The maximum absolute atomic E-state index is 12.0. The highest BCUT2D eigenvalue weighted by Gasteiger charge is 2.33. The average Bonchev–Trinajstić information content (AvgIpc) is 2.97. The first-order valence-electron chi connectivity index (χ1n) is 7.96. The van der Waals surface area contributed by atoms with Crippen molar-refractivity contribution in [1.82, 2.24) is 4.98 Å². The molecule has 0 unspecified atom stereocenters. The number of rotatable bonds is 2. The van der Waals surface area contributed by atoms with Crippen molar-refractivity contribution in [1.29, 1.82) is 0 Å². The van der Waals surface area contributed by atoms with Gasteiger partial charge < -0.3 is 5.11 Å². The average molecular weight is 346 g/mol. The number of benzene rings is 3. The second-order valence-electron chi connectivity index (χ2n) is 5.95.